The molecule has 1 aromatic carbocycles. The Morgan fingerprint density at radius 1 is 1.62 bits per heavy atom. The third kappa shape index (κ3) is 2.48. The summed E-state index contributed by atoms with van der Waals surface area (Å²) in [7, 11) is 0. The second-order valence-electron chi connectivity index (χ2n) is 3.24. The number of halogens is 1. The Bertz CT molecular complexity index is 381. The van der Waals surface area contributed by atoms with E-state index in [1.807, 2.05) is 0 Å². The summed E-state index contributed by atoms with van der Waals surface area (Å²) < 4.78 is 17.6. The summed E-state index contributed by atoms with van der Waals surface area (Å²) in [6, 6.07) is 4.59. The zero-order valence-electron chi connectivity index (χ0n) is 8.98. The summed E-state index contributed by atoms with van der Waals surface area (Å²) in [5.74, 6) is -0.590. The van der Waals surface area contributed by atoms with Crippen LogP contribution in [0.1, 0.15) is 18.4 Å². The number of para-hydroxylation sites is 1. The summed E-state index contributed by atoms with van der Waals surface area (Å²) in [5, 5.41) is 10.9. The van der Waals surface area contributed by atoms with Gasteiger partial charge in [-0.1, -0.05) is 12.1 Å². The first-order valence-electron chi connectivity index (χ1n) is 4.91. The largest absolute Gasteiger partial charge is 0.487 e. The van der Waals surface area contributed by atoms with Crippen molar-refractivity contribution in [1.82, 2.24) is 0 Å². The second-order valence-corrected chi connectivity index (χ2v) is 3.24. The average Bonchev–Trinajstić information content (AvgIpc) is 2.27. The highest BCUT2D eigenvalue weighted by Crippen LogP contribution is 2.35. The van der Waals surface area contributed by atoms with Crippen LogP contribution in [-0.2, 0) is 0 Å². The van der Waals surface area contributed by atoms with E-state index in [2.05, 4.69) is 6.92 Å². The highest BCUT2D eigenvalue weighted by Gasteiger charge is 2.24. The molecule has 87 valence electrons. The molecule has 5 heteroatoms. The lowest BCUT2D eigenvalue weighted by atomic mass is 10.00. The number of hydrogen-bond acceptors (Lipinski definition) is 3. The van der Waals surface area contributed by atoms with Gasteiger partial charge in [-0.3, -0.25) is 14.5 Å². The number of nitro benzene ring substituents is 1. The van der Waals surface area contributed by atoms with Crippen molar-refractivity contribution in [1.29, 1.82) is 0 Å². The van der Waals surface area contributed by atoms with Crippen molar-refractivity contribution in [3.05, 3.63) is 40.8 Å². The van der Waals surface area contributed by atoms with E-state index in [9.17, 15) is 14.5 Å². The van der Waals surface area contributed by atoms with Crippen LogP contribution in [-0.4, -0.2) is 18.2 Å². The van der Waals surface area contributed by atoms with Crippen molar-refractivity contribution in [3.63, 3.8) is 0 Å². The molecule has 0 spiro atoms. The Labute approximate surface area is 93.2 Å². The maximum atomic E-state index is 12.5. The molecule has 0 N–H and O–H groups in total. The van der Waals surface area contributed by atoms with Crippen molar-refractivity contribution in [2.75, 3.05) is 13.3 Å². The van der Waals surface area contributed by atoms with Crippen molar-refractivity contribution in [3.8, 4) is 5.75 Å². The van der Waals surface area contributed by atoms with E-state index in [4.69, 9.17) is 4.74 Å². The van der Waals surface area contributed by atoms with E-state index in [0.29, 0.717) is 6.61 Å². The molecule has 1 aromatic rings. The quantitative estimate of drug-likeness (QED) is 0.573. The van der Waals surface area contributed by atoms with Crippen LogP contribution in [0.5, 0.6) is 5.75 Å². The lowest BCUT2D eigenvalue weighted by molar-refractivity contribution is -0.386. The third-order valence-electron chi connectivity index (χ3n) is 2.14. The summed E-state index contributed by atoms with van der Waals surface area (Å²) in [4.78, 5) is 10.4. The van der Waals surface area contributed by atoms with Crippen LogP contribution in [0.2, 0.25) is 0 Å². The number of rotatable bonds is 5. The van der Waals surface area contributed by atoms with Crippen molar-refractivity contribution in [2.24, 2.45) is 0 Å². The Morgan fingerprint density at radius 3 is 2.81 bits per heavy atom. The molecule has 0 aromatic heterocycles. The highest BCUT2D eigenvalue weighted by molar-refractivity contribution is 5.54. The molecule has 1 atom stereocenters. The van der Waals surface area contributed by atoms with Crippen LogP contribution in [0.4, 0.5) is 10.1 Å². The fourth-order valence-corrected chi connectivity index (χ4v) is 1.42. The normalized spacial score (nSPS) is 12.2. The number of alkyl halides is 1. The van der Waals surface area contributed by atoms with Gasteiger partial charge >= 0.3 is 5.69 Å². The van der Waals surface area contributed by atoms with Crippen molar-refractivity contribution in [2.45, 2.75) is 12.8 Å². The topological polar surface area (TPSA) is 52.4 Å². The van der Waals surface area contributed by atoms with Gasteiger partial charge in [0, 0.05) is 11.5 Å². The maximum absolute atomic E-state index is 12.5. The van der Waals surface area contributed by atoms with Crippen LogP contribution in [0.25, 0.3) is 0 Å². The Hall–Kier alpha value is -1.65. The third-order valence-corrected chi connectivity index (χ3v) is 2.14. The number of nitro groups is 1. The van der Waals surface area contributed by atoms with Gasteiger partial charge in [-0.2, -0.15) is 0 Å². The molecule has 16 heavy (non-hydrogen) atoms. The zero-order valence-corrected chi connectivity index (χ0v) is 8.98. The van der Waals surface area contributed by atoms with Gasteiger partial charge in [0.05, 0.1) is 18.2 Å². The number of benzene rings is 1. The van der Waals surface area contributed by atoms with E-state index < -0.39 is 17.5 Å². The molecule has 0 saturated heterocycles. The fraction of sp³-hybridized carbons (Fsp3) is 0.364. The van der Waals surface area contributed by atoms with Crippen LogP contribution < -0.4 is 4.74 Å². The minimum atomic E-state index is -0.749. The van der Waals surface area contributed by atoms with E-state index in [0.717, 1.165) is 0 Å². The zero-order chi connectivity index (χ0) is 12.1. The smallest absolute Gasteiger partial charge is 0.314 e. The highest BCUT2D eigenvalue weighted by atomic mass is 19.1. The van der Waals surface area contributed by atoms with E-state index in [-0.39, 0.29) is 17.0 Å². The molecule has 0 fully saturated rings. The second kappa shape index (κ2) is 5.44. The van der Waals surface area contributed by atoms with Crippen LogP contribution in [0, 0.1) is 17.0 Å². The van der Waals surface area contributed by atoms with Gasteiger partial charge in [0.1, 0.15) is 0 Å². The molecule has 0 aliphatic carbocycles. The minimum absolute atomic E-state index is 0.159. The van der Waals surface area contributed by atoms with Gasteiger partial charge in [-0.25, -0.2) is 0 Å². The van der Waals surface area contributed by atoms with E-state index in [1.165, 1.54) is 12.1 Å². The standard InChI is InChI=1S/C11H13FNO3/c1-3-16-10-6-4-5-9(8(2)7-12)11(10)13(14)15/h4-6,8H,2-3,7H2,1H3. The molecule has 0 saturated carbocycles. The molecular weight excluding hydrogens is 213 g/mol. The molecule has 0 amide bonds. The van der Waals surface area contributed by atoms with Crippen LogP contribution in [0.3, 0.4) is 0 Å². The number of nitrogens with zero attached hydrogens (tertiary/aromatic N) is 1. The van der Waals surface area contributed by atoms with Crippen molar-refractivity contribution < 1.29 is 14.1 Å². The Morgan fingerprint density at radius 2 is 2.31 bits per heavy atom. The van der Waals surface area contributed by atoms with Gasteiger partial charge in [0.15, 0.2) is 5.75 Å². The Balaban J connectivity index is 3.26. The lowest BCUT2D eigenvalue weighted by Gasteiger charge is -2.11. The predicted molar refractivity (Wildman–Crippen MR) is 58.3 cm³/mol. The number of hydrogen-bond donors (Lipinski definition) is 0. The fourth-order valence-electron chi connectivity index (χ4n) is 1.42. The number of ether oxygens (including phenoxy) is 1. The van der Waals surface area contributed by atoms with Crippen LogP contribution in [0.15, 0.2) is 18.2 Å². The summed E-state index contributed by atoms with van der Waals surface area (Å²) in [6.45, 7) is 4.85. The molecule has 0 aliphatic rings. The summed E-state index contributed by atoms with van der Waals surface area (Å²) >= 11 is 0. The maximum Gasteiger partial charge on any atom is 0.314 e. The molecule has 0 bridgehead atoms. The molecule has 0 heterocycles. The summed E-state index contributed by atoms with van der Waals surface area (Å²) in [6.07, 6.45) is 0. The molecule has 1 rings (SSSR count). The Kier molecular flexibility index (Phi) is 4.22. The first-order chi connectivity index (χ1) is 7.61. The van der Waals surface area contributed by atoms with Crippen LogP contribution >= 0.6 is 0 Å². The predicted octanol–water partition coefficient (Wildman–Crippen LogP) is 2.88. The van der Waals surface area contributed by atoms with Gasteiger partial charge in [-0.05, 0) is 19.9 Å². The monoisotopic (exact) mass is 226 g/mol. The van der Waals surface area contributed by atoms with Gasteiger partial charge in [-0.15, -0.1) is 0 Å². The van der Waals surface area contributed by atoms with E-state index in [1.54, 1.807) is 13.0 Å². The first kappa shape index (κ1) is 12.4. The first-order valence-corrected chi connectivity index (χ1v) is 4.91. The lowest BCUT2D eigenvalue weighted by Crippen LogP contribution is -2.04. The van der Waals surface area contributed by atoms with E-state index >= 15 is 0 Å². The van der Waals surface area contributed by atoms with Crippen molar-refractivity contribution >= 4 is 5.69 Å². The van der Waals surface area contributed by atoms with Gasteiger partial charge in [0.2, 0.25) is 0 Å². The SMILES string of the molecule is [CH2]C(CF)c1cccc(OCC)c1[N+](=O)[O-]. The minimum Gasteiger partial charge on any atom is -0.487 e. The van der Waals surface area contributed by atoms with Gasteiger partial charge in [0.25, 0.3) is 0 Å². The van der Waals surface area contributed by atoms with Gasteiger partial charge < -0.3 is 4.74 Å². The average molecular weight is 226 g/mol. The molecule has 0 aliphatic heterocycles. The molecule has 1 unspecified atom stereocenters. The molecular formula is C11H13FNO3. The molecule has 1 radical (unpaired) electrons. The molecule has 4 nitrogen and oxygen atoms in total. The summed E-state index contributed by atoms with van der Waals surface area (Å²) in [5.41, 5.74) is 0.0699.